The van der Waals surface area contributed by atoms with Crippen LogP contribution in [0, 0.1) is 6.92 Å². The highest BCUT2D eigenvalue weighted by atomic mass is 16.5. The van der Waals surface area contributed by atoms with Crippen molar-refractivity contribution in [2.45, 2.75) is 20.4 Å². The molecule has 0 unspecified atom stereocenters. The summed E-state index contributed by atoms with van der Waals surface area (Å²) in [5.41, 5.74) is 4.28. The number of aromatic nitrogens is 3. The van der Waals surface area contributed by atoms with Crippen LogP contribution in [0.4, 0.5) is 5.69 Å². The summed E-state index contributed by atoms with van der Waals surface area (Å²) in [4.78, 5) is 20.0. The number of carbonyl (C=O) groups is 1. The van der Waals surface area contributed by atoms with Crippen LogP contribution >= 0.6 is 0 Å². The Bertz CT molecular complexity index is 1100. The van der Waals surface area contributed by atoms with Gasteiger partial charge in [0, 0.05) is 35.5 Å². The van der Waals surface area contributed by atoms with E-state index in [0.29, 0.717) is 12.3 Å². The van der Waals surface area contributed by atoms with E-state index in [2.05, 4.69) is 15.3 Å². The molecular weight excluding hydrogens is 352 g/mol. The minimum absolute atomic E-state index is 0.158. The van der Waals surface area contributed by atoms with Crippen LogP contribution < -0.4 is 10.1 Å². The molecule has 6 nitrogen and oxygen atoms in total. The predicted molar refractivity (Wildman–Crippen MR) is 110 cm³/mol. The number of H-pyrrole nitrogens is 1. The van der Waals surface area contributed by atoms with E-state index in [4.69, 9.17) is 4.74 Å². The molecule has 0 saturated heterocycles. The van der Waals surface area contributed by atoms with Crippen LogP contribution in [0.2, 0.25) is 0 Å². The first-order valence-corrected chi connectivity index (χ1v) is 9.25. The molecule has 0 spiro atoms. The fourth-order valence-corrected chi connectivity index (χ4v) is 3.27. The zero-order valence-electron chi connectivity index (χ0n) is 15.9. The molecule has 2 aromatic heterocycles. The molecule has 2 heterocycles. The van der Waals surface area contributed by atoms with E-state index in [1.54, 1.807) is 12.5 Å². The molecule has 6 heteroatoms. The van der Waals surface area contributed by atoms with Crippen molar-refractivity contribution in [2.75, 3.05) is 11.9 Å². The fourth-order valence-electron chi connectivity index (χ4n) is 3.27. The maximum atomic E-state index is 12.8. The maximum Gasteiger partial charge on any atom is 0.272 e. The van der Waals surface area contributed by atoms with Crippen LogP contribution in [0.3, 0.4) is 0 Å². The minimum Gasteiger partial charge on any atom is -0.494 e. The molecule has 0 fully saturated rings. The Hall–Kier alpha value is -3.54. The van der Waals surface area contributed by atoms with Crippen molar-refractivity contribution in [3.05, 3.63) is 78.0 Å². The van der Waals surface area contributed by atoms with Gasteiger partial charge in [-0.05, 0) is 55.3 Å². The molecule has 0 aliphatic carbocycles. The number of amides is 1. The molecule has 2 N–H and O–H groups in total. The maximum absolute atomic E-state index is 12.8. The van der Waals surface area contributed by atoms with Crippen molar-refractivity contribution in [3.8, 4) is 5.75 Å². The second-order valence-corrected chi connectivity index (χ2v) is 6.65. The topological polar surface area (TPSA) is 71.9 Å². The quantitative estimate of drug-likeness (QED) is 0.526. The van der Waals surface area contributed by atoms with E-state index in [0.717, 1.165) is 40.0 Å². The van der Waals surface area contributed by atoms with E-state index in [1.165, 1.54) is 0 Å². The molecule has 2 aromatic carbocycles. The Morgan fingerprint density at radius 1 is 1.21 bits per heavy atom. The number of nitrogens with one attached hydrogen (secondary N) is 2. The number of fused-ring (bicyclic) bond motifs is 1. The molecular formula is C22H22N4O2. The highest BCUT2D eigenvalue weighted by molar-refractivity contribution is 6.08. The third-order valence-electron chi connectivity index (χ3n) is 4.70. The molecule has 0 saturated carbocycles. The standard InChI is InChI=1S/C22H22N4O2/c1-3-28-18-8-9-20-19(12-18)15(2)21(25-20)22(27)24-17-6-4-16(5-7-17)13-26-11-10-23-14-26/h4-12,14,25H,3,13H2,1-2H3,(H,24,27). The third-order valence-corrected chi connectivity index (χ3v) is 4.70. The summed E-state index contributed by atoms with van der Waals surface area (Å²) in [5, 5.41) is 3.96. The van der Waals surface area contributed by atoms with Gasteiger partial charge in [-0.2, -0.15) is 0 Å². The van der Waals surface area contributed by atoms with Gasteiger partial charge in [0.2, 0.25) is 0 Å². The van der Waals surface area contributed by atoms with Crippen LogP contribution in [0.25, 0.3) is 10.9 Å². The van der Waals surface area contributed by atoms with E-state index in [9.17, 15) is 4.79 Å². The minimum atomic E-state index is -0.158. The number of hydrogen-bond donors (Lipinski definition) is 2. The number of imidazole rings is 1. The van der Waals surface area contributed by atoms with Gasteiger partial charge < -0.3 is 19.6 Å². The molecule has 4 rings (SSSR count). The van der Waals surface area contributed by atoms with Gasteiger partial charge in [0.05, 0.1) is 12.9 Å². The van der Waals surface area contributed by atoms with Crippen LogP contribution in [0.5, 0.6) is 5.75 Å². The van der Waals surface area contributed by atoms with Gasteiger partial charge in [-0.3, -0.25) is 4.79 Å². The smallest absolute Gasteiger partial charge is 0.272 e. The van der Waals surface area contributed by atoms with Crippen LogP contribution in [0.1, 0.15) is 28.5 Å². The Kier molecular flexibility index (Phi) is 4.85. The first-order chi connectivity index (χ1) is 13.6. The summed E-state index contributed by atoms with van der Waals surface area (Å²) in [7, 11) is 0. The van der Waals surface area contributed by atoms with Crippen molar-refractivity contribution in [1.82, 2.24) is 14.5 Å². The van der Waals surface area contributed by atoms with Gasteiger partial charge in [-0.15, -0.1) is 0 Å². The van der Waals surface area contributed by atoms with Crippen molar-refractivity contribution in [1.29, 1.82) is 0 Å². The van der Waals surface area contributed by atoms with Gasteiger partial charge in [0.1, 0.15) is 11.4 Å². The normalized spacial score (nSPS) is 10.9. The summed E-state index contributed by atoms with van der Waals surface area (Å²) in [6, 6.07) is 13.6. The van der Waals surface area contributed by atoms with E-state index in [-0.39, 0.29) is 5.91 Å². The number of ether oxygens (including phenoxy) is 1. The molecule has 1 amide bonds. The number of benzene rings is 2. The average molecular weight is 374 g/mol. The molecule has 0 aliphatic heterocycles. The molecule has 0 radical (unpaired) electrons. The largest absolute Gasteiger partial charge is 0.494 e. The summed E-state index contributed by atoms with van der Waals surface area (Å²) in [5.74, 6) is 0.645. The summed E-state index contributed by atoms with van der Waals surface area (Å²) >= 11 is 0. The fraction of sp³-hybridized carbons (Fsp3) is 0.182. The lowest BCUT2D eigenvalue weighted by molar-refractivity contribution is 0.102. The van der Waals surface area contributed by atoms with Crippen molar-refractivity contribution >= 4 is 22.5 Å². The number of carbonyl (C=O) groups excluding carboxylic acids is 1. The van der Waals surface area contributed by atoms with Crippen molar-refractivity contribution < 1.29 is 9.53 Å². The lowest BCUT2D eigenvalue weighted by Gasteiger charge is -2.07. The van der Waals surface area contributed by atoms with E-state index >= 15 is 0 Å². The van der Waals surface area contributed by atoms with Crippen LogP contribution in [-0.2, 0) is 6.54 Å². The SMILES string of the molecule is CCOc1ccc2[nH]c(C(=O)Nc3ccc(Cn4ccnc4)cc3)c(C)c2c1. The van der Waals surface area contributed by atoms with Gasteiger partial charge in [-0.25, -0.2) is 4.98 Å². The number of nitrogens with zero attached hydrogens (tertiary/aromatic N) is 2. The van der Waals surface area contributed by atoms with E-state index in [1.807, 2.05) is 67.1 Å². The molecule has 0 atom stereocenters. The molecule has 142 valence electrons. The lowest BCUT2D eigenvalue weighted by Crippen LogP contribution is -2.13. The highest BCUT2D eigenvalue weighted by Crippen LogP contribution is 2.26. The van der Waals surface area contributed by atoms with Crippen LogP contribution in [-0.4, -0.2) is 27.0 Å². The zero-order chi connectivity index (χ0) is 19.5. The second-order valence-electron chi connectivity index (χ2n) is 6.65. The monoisotopic (exact) mass is 374 g/mol. The number of rotatable bonds is 6. The number of anilines is 1. The van der Waals surface area contributed by atoms with Gasteiger partial charge >= 0.3 is 0 Å². The Morgan fingerprint density at radius 2 is 2.04 bits per heavy atom. The van der Waals surface area contributed by atoms with Crippen molar-refractivity contribution in [3.63, 3.8) is 0 Å². The molecule has 4 aromatic rings. The molecule has 28 heavy (non-hydrogen) atoms. The molecule has 0 aliphatic rings. The lowest BCUT2D eigenvalue weighted by atomic mass is 10.1. The Balaban J connectivity index is 1.50. The van der Waals surface area contributed by atoms with Crippen molar-refractivity contribution in [2.24, 2.45) is 0 Å². The predicted octanol–water partition coefficient (Wildman–Crippen LogP) is 4.37. The van der Waals surface area contributed by atoms with Crippen LogP contribution in [0.15, 0.2) is 61.2 Å². The van der Waals surface area contributed by atoms with Gasteiger partial charge in [0.25, 0.3) is 5.91 Å². The third kappa shape index (κ3) is 3.62. The molecule has 0 bridgehead atoms. The van der Waals surface area contributed by atoms with Gasteiger partial charge in [0.15, 0.2) is 0 Å². The zero-order valence-corrected chi connectivity index (χ0v) is 15.9. The van der Waals surface area contributed by atoms with E-state index < -0.39 is 0 Å². The first kappa shape index (κ1) is 17.9. The average Bonchev–Trinajstić information content (AvgIpc) is 3.32. The van der Waals surface area contributed by atoms with Gasteiger partial charge in [-0.1, -0.05) is 12.1 Å². The Labute approximate surface area is 163 Å². The highest BCUT2D eigenvalue weighted by Gasteiger charge is 2.15. The summed E-state index contributed by atoms with van der Waals surface area (Å²) in [6.45, 7) is 5.25. The summed E-state index contributed by atoms with van der Waals surface area (Å²) in [6.07, 6.45) is 5.46. The Morgan fingerprint density at radius 3 is 2.75 bits per heavy atom. The number of aryl methyl sites for hydroxylation is 1. The second kappa shape index (κ2) is 7.60. The summed E-state index contributed by atoms with van der Waals surface area (Å²) < 4.78 is 7.56. The first-order valence-electron chi connectivity index (χ1n) is 9.25. The number of aromatic amines is 1. The number of hydrogen-bond acceptors (Lipinski definition) is 3.